The zero-order valence-corrected chi connectivity index (χ0v) is 14.8. The molecule has 0 radical (unpaired) electrons. The first-order valence-corrected chi connectivity index (χ1v) is 10.3. The van der Waals surface area contributed by atoms with E-state index in [0.29, 0.717) is 0 Å². The van der Waals surface area contributed by atoms with Gasteiger partial charge < -0.3 is 0 Å². The molecule has 2 heteroatoms. The van der Waals surface area contributed by atoms with Crippen molar-refractivity contribution in [3.8, 4) is 0 Å². The summed E-state index contributed by atoms with van der Waals surface area (Å²) in [5.41, 5.74) is 4.95. The Balaban J connectivity index is 1.65. The molecule has 2 aliphatic heterocycles. The monoisotopic (exact) mass is 324 g/mol. The van der Waals surface area contributed by atoms with Crippen LogP contribution in [0.25, 0.3) is 0 Å². The number of benzene rings is 2. The number of hydrogen-bond acceptors (Lipinski definition) is 1. The predicted molar refractivity (Wildman–Crippen MR) is 99.7 cm³/mol. The first-order chi connectivity index (χ1) is 10.8. The molecule has 2 aromatic rings. The van der Waals surface area contributed by atoms with Crippen molar-refractivity contribution < 1.29 is 0 Å². The van der Waals surface area contributed by atoms with E-state index in [1.165, 1.54) is 11.3 Å². The lowest BCUT2D eigenvalue weighted by atomic mass is 9.94. The number of rotatable bonds is 3. The molecule has 2 aliphatic rings. The average molecular weight is 324 g/mol. The van der Waals surface area contributed by atoms with Crippen molar-refractivity contribution in [3.63, 3.8) is 0 Å². The Hall–Kier alpha value is -1.04. The lowest BCUT2D eigenvalue weighted by molar-refractivity contribution is 0.761. The van der Waals surface area contributed by atoms with Gasteiger partial charge >= 0.3 is 0 Å². The van der Waals surface area contributed by atoms with Crippen LogP contribution in [0, 0.1) is 0 Å². The van der Waals surface area contributed by atoms with Gasteiger partial charge in [0.25, 0.3) is 0 Å². The van der Waals surface area contributed by atoms with E-state index in [1.54, 1.807) is 16.5 Å². The summed E-state index contributed by atoms with van der Waals surface area (Å²) < 4.78 is 0. The normalized spacial score (nSPS) is 30.1. The second kappa shape index (κ2) is 5.87. The van der Waals surface area contributed by atoms with E-state index < -0.39 is 0 Å². The van der Waals surface area contributed by atoms with Crippen molar-refractivity contribution in [1.82, 2.24) is 0 Å². The summed E-state index contributed by atoms with van der Waals surface area (Å²) in [6.07, 6.45) is 1.36. The largest absolute Gasteiger partial charge is 0.122 e. The van der Waals surface area contributed by atoms with Crippen LogP contribution in [-0.2, 0) is 0 Å². The molecular weight excluding hydrogens is 303 g/mol. The first-order valence-electron chi connectivity index (χ1n) is 7.98. The molecule has 2 aromatic carbocycles. The molecule has 112 valence electrons. The summed E-state index contributed by atoms with van der Waals surface area (Å²) in [5, 5.41) is 2.35. The van der Waals surface area contributed by atoms with Gasteiger partial charge in [-0.05, 0) is 37.7 Å². The van der Waals surface area contributed by atoms with E-state index >= 15 is 0 Å². The highest BCUT2D eigenvalue weighted by Gasteiger charge is 2.50. The fourth-order valence-corrected chi connectivity index (χ4v) is 9.70. The molecule has 0 aromatic heterocycles. The lowest BCUT2D eigenvalue weighted by Gasteiger charge is -2.24. The maximum atomic E-state index is 2.38. The van der Waals surface area contributed by atoms with Gasteiger partial charge in [-0.25, -0.2) is 0 Å². The quantitative estimate of drug-likeness (QED) is 0.535. The number of hydrogen-bond donors (Lipinski definition) is 0. The average Bonchev–Trinajstić information content (AvgIpc) is 3.04. The van der Waals surface area contributed by atoms with Crippen molar-refractivity contribution in [2.75, 3.05) is 0 Å². The highest BCUT2D eigenvalue weighted by atomic mass is 32.2. The summed E-state index contributed by atoms with van der Waals surface area (Å²) in [6, 6.07) is 22.2. The van der Waals surface area contributed by atoms with Crippen LogP contribution in [0.2, 0.25) is 0 Å². The van der Waals surface area contributed by atoms with Crippen LogP contribution in [0.3, 0.4) is 0 Å². The molecule has 1 saturated heterocycles. The van der Waals surface area contributed by atoms with Crippen LogP contribution in [0.5, 0.6) is 0 Å². The molecule has 4 rings (SSSR count). The van der Waals surface area contributed by atoms with Crippen LogP contribution in [-0.4, -0.2) is 16.6 Å². The topological polar surface area (TPSA) is 0 Å². The molecule has 0 spiro atoms. The standard InChI is InChI=1S/C20H21PS/c1-14-15(2)20-19(22-17-11-7-4-8-12-17)13-18(14)21(20)16-9-5-3-6-10-16/h3-12,18-20H,13H2,1-2H3/t18-,19+,20-,21?/m0/s1. The van der Waals surface area contributed by atoms with Gasteiger partial charge in [0, 0.05) is 21.5 Å². The lowest BCUT2D eigenvalue weighted by Crippen LogP contribution is -2.20. The molecule has 4 atom stereocenters. The van der Waals surface area contributed by atoms with Gasteiger partial charge in [-0.2, -0.15) is 0 Å². The Morgan fingerprint density at radius 2 is 1.50 bits per heavy atom. The Labute approximate surface area is 138 Å². The molecular formula is C20H21PS. The molecule has 0 saturated carbocycles. The Morgan fingerprint density at radius 1 is 0.864 bits per heavy atom. The van der Waals surface area contributed by atoms with Crippen LogP contribution in [0.4, 0.5) is 0 Å². The minimum atomic E-state index is -0.0607. The molecule has 2 bridgehead atoms. The molecule has 1 fully saturated rings. The van der Waals surface area contributed by atoms with Gasteiger partial charge in [0.2, 0.25) is 0 Å². The molecule has 0 amide bonds. The number of fused-ring (bicyclic) bond motifs is 2. The summed E-state index contributed by atoms with van der Waals surface area (Å²) in [4.78, 5) is 1.42. The van der Waals surface area contributed by atoms with Gasteiger partial charge in [-0.1, -0.05) is 67.6 Å². The molecule has 1 unspecified atom stereocenters. The maximum absolute atomic E-state index is 2.38. The second-order valence-corrected chi connectivity index (χ2v) is 10.1. The van der Waals surface area contributed by atoms with Crippen LogP contribution in [0.1, 0.15) is 20.3 Å². The zero-order chi connectivity index (χ0) is 15.1. The number of thioether (sulfide) groups is 1. The van der Waals surface area contributed by atoms with Gasteiger partial charge in [-0.15, -0.1) is 11.8 Å². The third-order valence-corrected chi connectivity index (χ3v) is 10.1. The molecule has 2 heterocycles. The molecule has 0 nitrogen and oxygen atoms in total. The first kappa shape index (κ1) is 14.5. The van der Waals surface area contributed by atoms with E-state index in [2.05, 4.69) is 86.3 Å². The Kier molecular flexibility index (Phi) is 3.88. The smallest absolute Gasteiger partial charge is 0.0212 e. The van der Waals surface area contributed by atoms with Gasteiger partial charge in [0.1, 0.15) is 0 Å². The van der Waals surface area contributed by atoms with E-state index in [0.717, 1.165) is 16.6 Å². The summed E-state index contributed by atoms with van der Waals surface area (Å²) in [5.74, 6) is 0. The summed E-state index contributed by atoms with van der Waals surface area (Å²) in [7, 11) is -0.0607. The summed E-state index contributed by atoms with van der Waals surface area (Å²) in [6.45, 7) is 4.76. The van der Waals surface area contributed by atoms with E-state index in [1.807, 2.05) is 0 Å². The fraction of sp³-hybridized carbons (Fsp3) is 0.300. The van der Waals surface area contributed by atoms with Crippen molar-refractivity contribution in [3.05, 3.63) is 71.8 Å². The maximum Gasteiger partial charge on any atom is 0.0212 e. The van der Waals surface area contributed by atoms with Crippen molar-refractivity contribution >= 4 is 25.0 Å². The van der Waals surface area contributed by atoms with E-state index in [-0.39, 0.29) is 7.92 Å². The van der Waals surface area contributed by atoms with Gasteiger partial charge in [-0.3, -0.25) is 0 Å². The minimum absolute atomic E-state index is 0.0607. The molecule has 0 aliphatic carbocycles. The van der Waals surface area contributed by atoms with Gasteiger partial charge in [0.05, 0.1) is 0 Å². The van der Waals surface area contributed by atoms with E-state index in [4.69, 9.17) is 0 Å². The molecule has 0 N–H and O–H groups in total. The molecule has 22 heavy (non-hydrogen) atoms. The highest BCUT2D eigenvalue weighted by Crippen LogP contribution is 2.67. The second-order valence-electron chi connectivity index (χ2n) is 6.27. The Bertz CT molecular complexity index is 692. The summed E-state index contributed by atoms with van der Waals surface area (Å²) >= 11 is 2.10. The third kappa shape index (κ3) is 2.36. The third-order valence-electron chi connectivity index (χ3n) is 5.09. The predicted octanol–water partition coefficient (Wildman–Crippen LogP) is 5.45. The number of allylic oxidation sites excluding steroid dienone is 2. The van der Waals surface area contributed by atoms with Crippen LogP contribution >= 0.6 is 19.7 Å². The van der Waals surface area contributed by atoms with Crippen molar-refractivity contribution in [2.45, 2.75) is 41.7 Å². The van der Waals surface area contributed by atoms with E-state index in [9.17, 15) is 0 Å². The van der Waals surface area contributed by atoms with Gasteiger partial charge in [0.15, 0.2) is 0 Å². The zero-order valence-electron chi connectivity index (χ0n) is 13.1. The Morgan fingerprint density at radius 3 is 2.18 bits per heavy atom. The highest BCUT2D eigenvalue weighted by molar-refractivity contribution is 8.00. The van der Waals surface area contributed by atoms with Crippen molar-refractivity contribution in [1.29, 1.82) is 0 Å². The fourth-order valence-electron chi connectivity index (χ4n) is 3.93. The minimum Gasteiger partial charge on any atom is -0.122 e. The van der Waals surface area contributed by atoms with Crippen LogP contribution < -0.4 is 5.30 Å². The van der Waals surface area contributed by atoms with Crippen molar-refractivity contribution in [2.24, 2.45) is 0 Å². The SMILES string of the molecule is CC1=C(C)[C@H]2[C@H](Sc3ccccc3)C[C@@H]1P2c1ccccc1. The van der Waals surface area contributed by atoms with Crippen LogP contribution in [0.15, 0.2) is 76.7 Å².